The van der Waals surface area contributed by atoms with Crippen LogP contribution in [0.1, 0.15) is 19.4 Å². The molecule has 0 saturated carbocycles. The molecule has 1 amide bonds. The topological polar surface area (TPSA) is 112 Å². The summed E-state index contributed by atoms with van der Waals surface area (Å²) in [7, 11) is 0. The van der Waals surface area contributed by atoms with Crippen molar-refractivity contribution < 1.29 is 14.3 Å². The monoisotopic (exact) mass is 459 g/mol. The van der Waals surface area contributed by atoms with Crippen molar-refractivity contribution in [2.45, 2.75) is 18.2 Å². The lowest BCUT2D eigenvalue weighted by atomic mass is 10.2. The zero-order chi connectivity index (χ0) is 18.9. The van der Waals surface area contributed by atoms with Gasteiger partial charge in [0.25, 0.3) is 5.91 Å². The van der Waals surface area contributed by atoms with Gasteiger partial charge >= 0.3 is 0 Å². The number of thioether (sulfide) groups is 1. The number of hydrazone groups is 1. The predicted molar refractivity (Wildman–Crippen MR) is 107 cm³/mol. The number of hydrogen-bond donors (Lipinski definition) is 2. The van der Waals surface area contributed by atoms with Gasteiger partial charge in [0.1, 0.15) is 0 Å². The zero-order valence-electron chi connectivity index (χ0n) is 14.2. The maximum absolute atomic E-state index is 11.8. The summed E-state index contributed by atoms with van der Waals surface area (Å²) in [6.45, 7) is 4.84. The molecule has 0 bridgehead atoms. The normalized spacial score (nSPS) is 10.9. The summed E-state index contributed by atoms with van der Waals surface area (Å²) in [6, 6.07) is 3.63. The SMILES string of the molecule is CCOc1cc(C=NNC(=O)CSc2nnc(N)s2)cc(Br)c1OCC. The van der Waals surface area contributed by atoms with Crippen molar-refractivity contribution >= 4 is 56.3 Å². The maximum Gasteiger partial charge on any atom is 0.250 e. The lowest BCUT2D eigenvalue weighted by Crippen LogP contribution is -2.19. The fourth-order valence-electron chi connectivity index (χ4n) is 1.83. The first-order valence-electron chi connectivity index (χ1n) is 7.66. The maximum atomic E-state index is 11.8. The van der Waals surface area contributed by atoms with Gasteiger partial charge in [-0.05, 0) is 47.5 Å². The summed E-state index contributed by atoms with van der Waals surface area (Å²) in [5, 5.41) is 11.9. The van der Waals surface area contributed by atoms with Crippen LogP contribution >= 0.6 is 39.0 Å². The first-order chi connectivity index (χ1) is 12.5. The van der Waals surface area contributed by atoms with Gasteiger partial charge in [0.05, 0.1) is 29.7 Å². The fraction of sp³-hybridized carbons (Fsp3) is 0.333. The highest BCUT2D eigenvalue weighted by molar-refractivity contribution is 9.10. The number of nitrogens with zero attached hydrogens (tertiary/aromatic N) is 3. The van der Waals surface area contributed by atoms with Gasteiger partial charge in [-0.15, -0.1) is 10.2 Å². The first kappa shape index (κ1) is 20.5. The molecule has 1 heterocycles. The molecule has 2 aromatic rings. The molecule has 0 spiro atoms. The van der Waals surface area contributed by atoms with Crippen LogP contribution in [0.4, 0.5) is 5.13 Å². The Hall–Kier alpha value is -1.85. The molecule has 0 radical (unpaired) electrons. The summed E-state index contributed by atoms with van der Waals surface area (Å²) in [5.41, 5.74) is 8.71. The molecule has 2 rings (SSSR count). The molecule has 0 aliphatic heterocycles. The number of benzene rings is 1. The largest absolute Gasteiger partial charge is 0.490 e. The van der Waals surface area contributed by atoms with E-state index in [-0.39, 0.29) is 11.7 Å². The molecule has 0 aliphatic rings. The standard InChI is InChI=1S/C15H18BrN5O3S2/c1-3-23-11-6-9(5-10(16)13(11)24-4-2)7-18-19-12(22)8-25-15-21-20-14(17)26-15/h5-7H,3-4,8H2,1-2H3,(H2,17,20)(H,19,22). The molecule has 26 heavy (non-hydrogen) atoms. The first-order valence-corrected chi connectivity index (χ1v) is 10.3. The highest BCUT2D eigenvalue weighted by Gasteiger charge is 2.11. The number of aromatic nitrogens is 2. The number of carbonyl (C=O) groups excluding carboxylic acids is 1. The van der Waals surface area contributed by atoms with Crippen LogP contribution in [0.15, 0.2) is 26.0 Å². The van der Waals surface area contributed by atoms with Crippen LogP contribution in [0.3, 0.4) is 0 Å². The highest BCUT2D eigenvalue weighted by atomic mass is 79.9. The number of anilines is 1. The van der Waals surface area contributed by atoms with Crippen molar-refractivity contribution in [3.8, 4) is 11.5 Å². The third-order valence-electron chi connectivity index (χ3n) is 2.77. The second-order valence-corrected chi connectivity index (χ2v) is 7.77. The van der Waals surface area contributed by atoms with Crippen LogP contribution in [-0.2, 0) is 4.79 Å². The molecule has 8 nitrogen and oxygen atoms in total. The average Bonchev–Trinajstić information content (AvgIpc) is 3.02. The minimum absolute atomic E-state index is 0.170. The number of nitrogen functional groups attached to an aromatic ring is 1. The van der Waals surface area contributed by atoms with Crippen molar-refractivity contribution in [1.82, 2.24) is 15.6 Å². The molecule has 1 aromatic heterocycles. The number of nitrogens with one attached hydrogen (secondary N) is 1. The number of ether oxygens (including phenoxy) is 2. The van der Waals surface area contributed by atoms with E-state index in [4.69, 9.17) is 15.2 Å². The van der Waals surface area contributed by atoms with Crippen LogP contribution in [0.2, 0.25) is 0 Å². The van der Waals surface area contributed by atoms with Crippen molar-refractivity contribution in [3.05, 3.63) is 22.2 Å². The summed E-state index contributed by atoms with van der Waals surface area (Å²) in [6.07, 6.45) is 1.54. The Kier molecular flexibility index (Phi) is 8.13. The predicted octanol–water partition coefficient (Wildman–Crippen LogP) is 2.92. The Balaban J connectivity index is 1.95. The summed E-state index contributed by atoms with van der Waals surface area (Å²) in [4.78, 5) is 11.8. The molecule has 11 heteroatoms. The van der Waals surface area contributed by atoms with Crippen molar-refractivity contribution in [1.29, 1.82) is 0 Å². The lowest BCUT2D eigenvalue weighted by Gasteiger charge is -2.13. The Morgan fingerprint density at radius 3 is 2.81 bits per heavy atom. The van der Waals surface area contributed by atoms with Crippen LogP contribution < -0.4 is 20.6 Å². The Bertz CT molecular complexity index is 785. The van der Waals surface area contributed by atoms with E-state index in [2.05, 4.69) is 36.7 Å². The van der Waals surface area contributed by atoms with E-state index in [1.807, 2.05) is 19.9 Å². The Labute approximate surface area is 167 Å². The highest BCUT2D eigenvalue weighted by Crippen LogP contribution is 2.36. The third kappa shape index (κ3) is 6.15. The van der Waals surface area contributed by atoms with Crippen LogP contribution in [-0.4, -0.2) is 41.3 Å². The van der Waals surface area contributed by atoms with Crippen molar-refractivity contribution in [2.75, 3.05) is 24.7 Å². The second-order valence-electron chi connectivity index (χ2n) is 4.68. The van der Waals surface area contributed by atoms with E-state index < -0.39 is 0 Å². The smallest absolute Gasteiger partial charge is 0.250 e. The van der Waals surface area contributed by atoms with Gasteiger partial charge in [0.15, 0.2) is 15.8 Å². The molecular formula is C15H18BrN5O3S2. The van der Waals surface area contributed by atoms with Crippen LogP contribution in [0, 0.1) is 0 Å². The van der Waals surface area contributed by atoms with E-state index in [0.29, 0.717) is 34.2 Å². The number of amides is 1. The Morgan fingerprint density at radius 1 is 1.38 bits per heavy atom. The molecule has 0 saturated heterocycles. The lowest BCUT2D eigenvalue weighted by molar-refractivity contribution is -0.118. The quantitative estimate of drug-likeness (QED) is 0.336. The zero-order valence-corrected chi connectivity index (χ0v) is 17.4. The van der Waals surface area contributed by atoms with Gasteiger partial charge in [-0.2, -0.15) is 5.10 Å². The summed E-state index contributed by atoms with van der Waals surface area (Å²) in [5.74, 6) is 1.17. The fourth-order valence-corrected chi connectivity index (χ4v) is 3.83. The second kappa shape index (κ2) is 10.3. The van der Waals surface area contributed by atoms with Gasteiger partial charge in [0, 0.05) is 0 Å². The number of nitrogens with two attached hydrogens (primary N) is 1. The minimum Gasteiger partial charge on any atom is -0.490 e. The van der Waals surface area contributed by atoms with Gasteiger partial charge in [0.2, 0.25) is 5.13 Å². The molecule has 0 fully saturated rings. The number of rotatable bonds is 9. The number of halogens is 1. The Morgan fingerprint density at radius 2 is 2.15 bits per heavy atom. The average molecular weight is 460 g/mol. The van der Waals surface area contributed by atoms with Gasteiger partial charge in [-0.25, -0.2) is 5.43 Å². The number of hydrogen-bond acceptors (Lipinski definition) is 9. The van der Waals surface area contributed by atoms with Crippen molar-refractivity contribution in [2.24, 2.45) is 5.10 Å². The van der Waals surface area contributed by atoms with E-state index in [1.165, 1.54) is 29.3 Å². The molecule has 0 atom stereocenters. The molecule has 0 unspecified atom stereocenters. The minimum atomic E-state index is -0.255. The van der Waals surface area contributed by atoms with Crippen LogP contribution in [0.5, 0.6) is 11.5 Å². The molecule has 3 N–H and O–H groups in total. The number of carbonyl (C=O) groups is 1. The van der Waals surface area contributed by atoms with E-state index >= 15 is 0 Å². The summed E-state index contributed by atoms with van der Waals surface area (Å²) < 4.78 is 12.6. The summed E-state index contributed by atoms with van der Waals surface area (Å²) >= 11 is 5.95. The molecule has 0 aliphatic carbocycles. The van der Waals surface area contributed by atoms with Crippen LogP contribution in [0.25, 0.3) is 0 Å². The van der Waals surface area contributed by atoms with E-state index in [1.54, 1.807) is 6.07 Å². The van der Waals surface area contributed by atoms with E-state index in [9.17, 15) is 4.79 Å². The van der Waals surface area contributed by atoms with E-state index in [0.717, 1.165) is 10.0 Å². The van der Waals surface area contributed by atoms with Gasteiger partial charge < -0.3 is 15.2 Å². The molecule has 1 aromatic carbocycles. The van der Waals surface area contributed by atoms with Gasteiger partial charge in [-0.1, -0.05) is 23.1 Å². The van der Waals surface area contributed by atoms with Crippen molar-refractivity contribution in [3.63, 3.8) is 0 Å². The van der Waals surface area contributed by atoms with Gasteiger partial charge in [-0.3, -0.25) is 4.79 Å². The molecule has 140 valence electrons. The molecular weight excluding hydrogens is 442 g/mol. The third-order valence-corrected chi connectivity index (χ3v) is 5.25.